The summed E-state index contributed by atoms with van der Waals surface area (Å²) in [6.45, 7) is 8.62. The molecule has 1 amide bonds. The molecular weight excluding hydrogens is 484 g/mol. The van der Waals surface area contributed by atoms with Gasteiger partial charge in [-0.2, -0.15) is 0 Å². The second-order valence-corrected chi connectivity index (χ2v) is 9.51. The van der Waals surface area contributed by atoms with Crippen LogP contribution in [-0.2, 0) is 9.59 Å². The minimum Gasteiger partial charge on any atom is -0.507 e. The Morgan fingerprint density at radius 3 is 2.24 bits per heavy atom. The molecule has 1 aliphatic heterocycles. The Kier molecular flexibility index (Phi) is 10.6. The van der Waals surface area contributed by atoms with Crippen molar-refractivity contribution in [1.82, 2.24) is 9.80 Å². The molecule has 0 aliphatic carbocycles. The fourth-order valence-corrected chi connectivity index (χ4v) is 4.39. The van der Waals surface area contributed by atoms with Crippen LogP contribution in [0.5, 0.6) is 17.2 Å². The van der Waals surface area contributed by atoms with E-state index in [9.17, 15) is 14.7 Å². The van der Waals surface area contributed by atoms with E-state index in [-0.39, 0.29) is 11.3 Å². The maximum absolute atomic E-state index is 13.3. The first kappa shape index (κ1) is 29.0. The minimum absolute atomic E-state index is 0.0618. The summed E-state index contributed by atoms with van der Waals surface area (Å²) in [5.41, 5.74) is 1.18. The molecule has 1 fully saturated rings. The first-order valence-electron chi connectivity index (χ1n) is 13.4. The highest BCUT2D eigenvalue weighted by molar-refractivity contribution is 6.46. The third kappa shape index (κ3) is 6.86. The van der Waals surface area contributed by atoms with Gasteiger partial charge in [-0.15, -0.1) is 0 Å². The Morgan fingerprint density at radius 2 is 1.61 bits per heavy atom. The molecule has 0 bridgehead atoms. The molecule has 8 nitrogen and oxygen atoms in total. The fraction of sp³-hybridized carbons (Fsp3) is 0.467. The van der Waals surface area contributed by atoms with E-state index in [4.69, 9.17) is 14.2 Å². The van der Waals surface area contributed by atoms with Gasteiger partial charge in [-0.1, -0.05) is 19.9 Å². The zero-order valence-electron chi connectivity index (χ0n) is 23.2. The van der Waals surface area contributed by atoms with Crippen LogP contribution in [0.25, 0.3) is 5.76 Å². The van der Waals surface area contributed by atoms with Gasteiger partial charge in [-0.25, -0.2) is 0 Å². The average molecular weight is 525 g/mol. The van der Waals surface area contributed by atoms with Gasteiger partial charge < -0.3 is 29.1 Å². The van der Waals surface area contributed by atoms with Crippen LogP contribution in [0.1, 0.15) is 57.2 Å². The minimum atomic E-state index is -0.757. The second kappa shape index (κ2) is 13.9. The summed E-state index contributed by atoms with van der Waals surface area (Å²) in [7, 11) is 3.92. The summed E-state index contributed by atoms with van der Waals surface area (Å²) in [6.07, 6.45) is 2.41. The van der Waals surface area contributed by atoms with Gasteiger partial charge in [0.2, 0.25) is 0 Å². The molecule has 8 heteroatoms. The van der Waals surface area contributed by atoms with Crippen molar-refractivity contribution in [3.8, 4) is 17.2 Å². The molecule has 1 saturated heterocycles. The molecule has 2 aromatic rings. The molecule has 0 radical (unpaired) electrons. The SMILES string of the molecule is CCCOc1ccc(C(O)=C2C(=O)C(=O)N(CCCN(C)C)C2c2ccc(OCCC)c(OCC)c2)cc1. The smallest absolute Gasteiger partial charge is 0.295 e. The number of benzene rings is 2. The zero-order chi connectivity index (χ0) is 27.7. The topological polar surface area (TPSA) is 88.5 Å². The Morgan fingerprint density at radius 1 is 0.921 bits per heavy atom. The van der Waals surface area contributed by atoms with Crippen molar-refractivity contribution in [1.29, 1.82) is 0 Å². The standard InChI is InChI=1S/C30H40N2O6/c1-6-18-37-23-13-10-21(11-14-23)28(33)26-27(32(30(35)29(26)34)17-9-16-31(4)5)22-12-15-24(38-19-7-2)25(20-22)36-8-3/h10-15,20,27,33H,6-9,16-19H2,1-5H3. The van der Waals surface area contributed by atoms with Crippen LogP contribution in [0.4, 0.5) is 0 Å². The van der Waals surface area contributed by atoms with Crippen LogP contribution in [-0.4, -0.2) is 73.6 Å². The van der Waals surface area contributed by atoms with Crippen LogP contribution in [0.3, 0.4) is 0 Å². The van der Waals surface area contributed by atoms with Crippen LogP contribution in [0, 0.1) is 0 Å². The number of hydrogen-bond acceptors (Lipinski definition) is 7. The molecule has 0 spiro atoms. The summed E-state index contributed by atoms with van der Waals surface area (Å²) < 4.78 is 17.3. The van der Waals surface area contributed by atoms with E-state index in [1.54, 1.807) is 41.3 Å². The van der Waals surface area contributed by atoms with Crippen molar-refractivity contribution >= 4 is 17.4 Å². The van der Waals surface area contributed by atoms with E-state index in [2.05, 4.69) is 0 Å². The van der Waals surface area contributed by atoms with Gasteiger partial charge in [0.15, 0.2) is 11.5 Å². The largest absolute Gasteiger partial charge is 0.507 e. The molecule has 0 aromatic heterocycles. The van der Waals surface area contributed by atoms with Crippen LogP contribution in [0.2, 0.25) is 0 Å². The third-order valence-corrected chi connectivity index (χ3v) is 6.19. The van der Waals surface area contributed by atoms with Crippen molar-refractivity contribution < 1.29 is 28.9 Å². The van der Waals surface area contributed by atoms with Gasteiger partial charge >= 0.3 is 0 Å². The molecular formula is C30H40N2O6. The van der Waals surface area contributed by atoms with E-state index < -0.39 is 17.7 Å². The number of amides is 1. The predicted molar refractivity (Wildman–Crippen MR) is 148 cm³/mol. The van der Waals surface area contributed by atoms with Crippen molar-refractivity contribution in [3.05, 3.63) is 59.2 Å². The van der Waals surface area contributed by atoms with E-state index in [0.717, 1.165) is 19.4 Å². The van der Waals surface area contributed by atoms with E-state index in [1.807, 2.05) is 45.8 Å². The summed E-state index contributed by atoms with van der Waals surface area (Å²) in [5, 5.41) is 11.4. The molecule has 2 aromatic carbocycles. The van der Waals surface area contributed by atoms with Crippen molar-refractivity contribution in [2.45, 2.75) is 46.1 Å². The highest BCUT2D eigenvalue weighted by Crippen LogP contribution is 2.42. The van der Waals surface area contributed by atoms with E-state index in [1.165, 1.54) is 0 Å². The van der Waals surface area contributed by atoms with Gasteiger partial charge in [0.25, 0.3) is 11.7 Å². The normalized spacial score (nSPS) is 16.8. The number of carbonyl (C=O) groups excluding carboxylic acids is 2. The quantitative estimate of drug-likeness (QED) is 0.211. The van der Waals surface area contributed by atoms with Gasteiger partial charge in [0, 0.05) is 12.1 Å². The number of rotatable bonds is 14. The third-order valence-electron chi connectivity index (χ3n) is 6.19. The summed E-state index contributed by atoms with van der Waals surface area (Å²) in [4.78, 5) is 30.2. The number of aliphatic hydroxyl groups is 1. The molecule has 1 N–H and O–H groups in total. The van der Waals surface area contributed by atoms with E-state index in [0.29, 0.717) is 61.2 Å². The Labute approximate surface area is 225 Å². The number of ketones is 1. The van der Waals surface area contributed by atoms with Gasteiger partial charge in [0.05, 0.1) is 31.4 Å². The van der Waals surface area contributed by atoms with Crippen molar-refractivity contribution in [2.75, 3.05) is 47.0 Å². The summed E-state index contributed by atoms with van der Waals surface area (Å²) in [5.74, 6) is 0.276. The number of likely N-dealkylation sites (tertiary alicyclic amines) is 1. The molecule has 38 heavy (non-hydrogen) atoms. The maximum atomic E-state index is 13.3. The molecule has 1 unspecified atom stereocenters. The first-order chi connectivity index (χ1) is 18.3. The second-order valence-electron chi connectivity index (χ2n) is 9.51. The first-order valence-corrected chi connectivity index (χ1v) is 13.4. The molecule has 3 rings (SSSR count). The summed E-state index contributed by atoms with van der Waals surface area (Å²) >= 11 is 0. The Balaban J connectivity index is 2.08. The summed E-state index contributed by atoms with van der Waals surface area (Å²) in [6, 6.07) is 11.6. The van der Waals surface area contributed by atoms with Gasteiger partial charge in [-0.3, -0.25) is 9.59 Å². The lowest BCUT2D eigenvalue weighted by Crippen LogP contribution is -2.32. The number of aliphatic hydroxyl groups excluding tert-OH is 1. The lowest BCUT2D eigenvalue weighted by atomic mass is 9.95. The fourth-order valence-electron chi connectivity index (χ4n) is 4.39. The van der Waals surface area contributed by atoms with Gasteiger partial charge in [0.1, 0.15) is 11.5 Å². The average Bonchev–Trinajstić information content (AvgIpc) is 3.16. The molecule has 1 aliphatic rings. The van der Waals surface area contributed by atoms with Crippen molar-refractivity contribution in [2.24, 2.45) is 0 Å². The van der Waals surface area contributed by atoms with Crippen LogP contribution < -0.4 is 14.2 Å². The Hall–Kier alpha value is -3.52. The molecule has 206 valence electrons. The molecule has 1 atom stereocenters. The van der Waals surface area contributed by atoms with Crippen molar-refractivity contribution in [3.63, 3.8) is 0 Å². The van der Waals surface area contributed by atoms with E-state index >= 15 is 0 Å². The van der Waals surface area contributed by atoms with Gasteiger partial charge in [-0.05, 0) is 88.8 Å². The number of ether oxygens (including phenoxy) is 3. The highest BCUT2D eigenvalue weighted by atomic mass is 16.5. The number of carbonyl (C=O) groups is 2. The lowest BCUT2D eigenvalue weighted by Gasteiger charge is -2.26. The maximum Gasteiger partial charge on any atom is 0.295 e. The Bertz CT molecular complexity index is 1130. The van der Waals surface area contributed by atoms with Crippen LogP contribution >= 0.6 is 0 Å². The lowest BCUT2D eigenvalue weighted by molar-refractivity contribution is -0.139. The molecule has 0 saturated carbocycles. The zero-order valence-corrected chi connectivity index (χ0v) is 23.2. The number of hydrogen-bond donors (Lipinski definition) is 1. The van der Waals surface area contributed by atoms with Crippen LogP contribution in [0.15, 0.2) is 48.0 Å². The monoisotopic (exact) mass is 524 g/mol. The molecule has 1 heterocycles. The number of nitrogens with zero attached hydrogens (tertiary/aromatic N) is 2. The predicted octanol–water partition coefficient (Wildman–Crippen LogP) is 5.04. The number of Topliss-reactive ketones (excluding diaryl/α,β-unsaturated/α-hetero) is 1. The highest BCUT2D eigenvalue weighted by Gasteiger charge is 2.46.